The first kappa shape index (κ1) is 9.25. The molecule has 0 spiro atoms. The third-order valence-corrected chi connectivity index (χ3v) is 1.43. The second-order valence-corrected chi connectivity index (χ2v) is 2.45. The molecule has 0 aliphatic rings. The van der Waals surface area contributed by atoms with Gasteiger partial charge in [0.1, 0.15) is 5.82 Å². The normalized spacial score (nSPS) is 10.5. The van der Waals surface area contributed by atoms with Gasteiger partial charge >= 0.3 is 5.97 Å². The summed E-state index contributed by atoms with van der Waals surface area (Å²) in [5, 5.41) is 8.29. The van der Waals surface area contributed by atoms with Crippen LogP contribution >= 0.6 is 0 Å². The summed E-state index contributed by atoms with van der Waals surface area (Å²) in [7, 11) is 0. The van der Waals surface area contributed by atoms with Crippen LogP contribution < -0.4 is 5.73 Å². The largest absolute Gasteiger partial charge is 0.478 e. The molecule has 0 amide bonds. The van der Waals surface area contributed by atoms with E-state index in [-0.39, 0.29) is 5.56 Å². The topological polar surface area (TPSA) is 63.3 Å². The summed E-state index contributed by atoms with van der Waals surface area (Å²) >= 11 is 0. The van der Waals surface area contributed by atoms with E-state index in [0.717, 1.165) is 12.2 Å². The minimum Gasteiger partial charge on any atom is -0.478 e. The zero-order chi connectivity index (χ0) is 9.84. The third kappa shape index (κ3) is 2.59. The Labute approximate surface area is 74.3 Å². The van der Waals surface area contributed by atoms with Gasteiger partial charge < -0.3 is 10.8 Å². The maximum Gasteiger partial charge on any atom is 0.328 e. The fourth-order valence-electron chi connectivity index (χ4n) is 0.851. The molecular weight excluding hydrogens is 173 g/mol. The molecule has 0 atom stereocenters. The van der Waals surface area contributed by atoms with Gasteiger partial charge in [0.25, 0.3) is 0 Å². The van der Waals surface area contributed by atoms with Crippen molar-refractivity contribution in [3.05, 3.63) is 35.7 Å². The first-order valence-electron chi connectivity index (χ1n) is 3.55. The smallest absolute Gasteiger partial charge is 0.328 e. The SMILES string of the molecule is Nc1ccc(F)c(C=CC(=O)O)c1. The third-order valence-electron chi connectivity index (χ3n) is 1.43. The zero-order valence-corrected chi connectivity index (χ0v) is 6.70. The number of rotatable bonds is 2. The Hall–Kier alpha value is -1.84. The molecule has 3 N–H and O–H groups in total. The molecule has 0 aromatic heterocycles. The van der Waals surface area contributed by atoms with Crippen molar-refractivity contribution in [2.75, 3.05) is 5.73 Å². The van der Waals surface area contributed by atoms with Crippen LogP contribution in [0.2, 0.25) is 0 Å². The Morgan fingerprint density at radius 3 is 2.85 bits per heavy atom. The van der Waals surface area contributed by atoms with Gasteiger partial charge in [-0.3, -0.25) is 0 Å². The monoisotopic (exact) mass is 181 g/mol. The number of carbonyl (C=O) groups is 1. The van der Waals surface area contributed by atoms with Crippen molar-refractivity contribution in [1.82, 2.24) is 0 Å². The lowest BCUT2D eigenvalue weighted by atomic mass is 10.2. The maximum absolute atomic E-state index is 12.9. The fraction of sp³-hybridized carbons (Fsp3) is 0. The van der Waals surface area contributed by atoms with Gasteiger partial charge in [0.05, 0.1) is 0 Å². The van der Waals surface area contributed by atoms with Crippen LogP contribution in [0.1, 0.15) is 5.56 Å². The highest BCUT2D eigenvalue weighted by molar-refractivity contribution is 5.85. The van der Waals surface area contributed by atoms with Crippen LogP contribution in [0.5, 0.6) is 0 Å². The molecule has 68 valence electrons. The van der Waals surface area contributed by atoms with Crippen LogP contribution in [0, 0.1) is 5.82 Å². The van der Waals surface area contributed by atoms with Crippen LogP contribution in [0.3, 0.4) is 0 Å². The molecule has 1 aromatic carbocycles. The molecule has 1 aromatic rings. The average molecular weight is 181 g/mol. The second kappa shape index (κ2) is 3.71. The highest BCUT2D eigenvalue weighted by Crippen LogP contribution is 2.13. The van der Waals surface area contributed by atoms with E-state index in [1.807, 2.05) is 0 Å². The van der Waals surface area contributed by atoms with Gasteiger partial charge in [0, 0.05) is 17.3 Å². The summed E-state index contributed by atoms with van der Waals surface area (Å²) in [5.41, 5.74) is 5.95. The summed E-state index contributed by atoms with van der Waals surface area (Å²) < 4.78 is 12.9. The first-order valence-corrected chi connectivity index (χ1v) is 3.55. The second-order valence-electron chi connectivity index (χ2n) is 2.45. The molecule has 0 unspecified atom stereocenters. The Kier molecular flexibility index (Phi) is 2.64. The number of anilines is 1. The van der Waals surface area contributed by atoms with Crippen molar-refractivity contribution in [2.24, 2.45) is 0 Å². The minimum absolute atomic E-state index is 0.169. The average Bonchev–Trinajstić information content (AvgIpc) is 2.06. The van der Waals surface area contributed by atoms with Crippen molar-refractivity contribution in [2.45, 2.75) is 0 Å². The zero-order valence-electron chi connectivity index (χ0n) is 6.70. The Bertz CT molecular complexity index is 361. The molecule has 0 aliphatic carbocycles. The molecule has 0 radical (unpaired) electrons. The molecule has 3 nitrogen and oxygen atoms in total. The molecule has 1 rings (SSSR count). The van der Waals surface area contributed by atoms with E-state index in [4.69, 9.17) is 10.8 Å². The van der Waals surface area contributed by atoms with Crippen molar-refractivity contribution >= 4 is 17.7 Å². The number of nitrogens with two attached hydrogens (primary N) is 1. The van der Waals surface area contributed by atoms with Gasteiger partial charge in [-0.1, -0.05) is 0 Å². The van der Waals surface area contributed by atoms with E-state index in [0.29, 0.717) is 5.69 Å². The Balaban J connectivity index is 3.00. The molecule has 0 heterocycles. The lowest BCUT2D eigenvalue weighted by Gasteiger charge is -1.97. The van der Waals surface area contributed by atoms with Gasteiger partial charge in [0.2, 0.25) is 0 Å². The predicted molar refractivity (Wildman–Crippen MR) is 47.5 cm³/mol. The molecule has 0 saturated heterocycles. The van der Waals surface area contributed by atoms with E-state index >= 15 is 0 Å². The number of aliphatic carboxylic acids is 1. The highest BCUT2D eigenvalue weighted by Gasteiger charge is 1.98. The van der Waals surface area contributed by atoms with E-state index < -0.39 is 11.8 Å². The number of hydrogen-bond acceptors (Lipinski definition) is 2. The highest BCUT2D eigenvalue weighted by atomic mass is 19.1. The quantitative estimate of drug-likeness (QED) is 0.536. The van der Waals surface area contributed by atoms with Crippen LogP contribution in [0.4, 0.5) is 10.1 Å². The number of nitrogen functional groups attached to an aromatic ring is 1. The van der Waals surface area contributed by atoms with Gasteiger partial charge in [-0.15, -0.1) is 0 Å². The van der Waals surface area contributed by atoms with Crippen molar-refractivity contribution in [1.29, 1.82) is 0 Å². The van der Waals surface area contributed by atoms with Gasteiger partial charge in [-0.05, 0) is 24.3 Å². The number of hydrogen-bond donors (Lipinski definition) is 2. The number of carboxylic acids is 1. The van der Waals surface area contributed by atoms with Gasteiger partial charge in [-0.25, -0.2) is 9.18 Å². The summed E-state index contributed by atoms with van der Waals surface area (Å²) in [4.78, 5) is 10.1. The minimum atomic E-state index is -1.12. The van der Waals surface area contributed by atoms with Crippen LogP contribution in [-0.2, 0) is 4.79 Å². The summed E-state index contributed by atoms with van der Waals surface area (Å²) in [6, 6.07) is 3.97. The van der Waals surface area contributed by atoms with Crippen molar-refractivity contribution < 1.29 is 14.3 Å². The van der Waals surface area contributed by atoms with Crippen LogP contribution in [0.25, 0.3) is 6.08 Å². The molecule has 0 fully saturated rings. The van der Waals surface area contributed by atoms with Crippen LogP contribution in [-0.4, -0.2) is 11.1 Å². The molecular formula is C9H8FNO2. The Morgan fingerprint density at radius 2 is 2.23 bits per heavy atom. The predicted octanol–water partition coefficient (Wildman–Crippen LogP) is 1.51. The Morgan fingerprint density at radius 1 is 1.54 bits per heavy atom. The van der Waals surface area contributed by atoms with Crippen LogP contribution in [0.15, 0.2) is 24.3 Å². The first-order chi connectivity index (χ1) is 6.09. The molecule has 0 aliphatic heterocycles. The van der Waals surface area contributed by atoms with E-state index in [1.54, 1.807) is 0 Å². The van der Waals surface area contributed by atoms with Gasteiger partial charge in [0.15, 0.2) is 0 Å². The van der Waals surface area contributed by atoms with E-state index in [2.05, 4.69) is 0 Å². The van der Waals surface area contributed by atoms with E-state index in [9.17, 15) is 9.18 Å². The summed E-state index contributed by atoms with van der Waals surface area (Å²) in [6.07, 6.45) is 2.02. The lowest BCUT2D eigenvalue weighted by Crippen LogP contribution is -1.90. The molecule has 4 heteroatoms. The van der Waals surface area contributed by atoms with Gasteiger partial charge in [-0.2, -0.15) is 0 Å². The molecule has 0 saturated carbocycles. The summed E-state index contributed by atoms with van der Waals surface area (Å²) in [6.45, 7) is 0. The van der Waals surface area contributed by atoms with E-state index in [1.165, 1.54) is 18.2 Å². The number of carboxylic acid groups (broad SMARTS) is 1. The summed E-state index contributed by atoms with van der Waals surface area (Å²) in [5.74, 6) is -1.62. The maximum atomic E-state index is 12.9. The molecule has 13 heavy (non-hydrogen) atoms. The van der Waals surface area contributed by atoms with Crippen molar-refractivity contribution in [3.8, 4) is 0 Å². The van der Waals surface area contributed by atoms with Crippen molar-refractivity contribution in [3.63, 3.8) is 0 Å². The fourth-order valence-corrected chi connectivity index (χ4v) is 0.851. The number of halogens is 1. The number of benzene rings is 1. The standard InChI is InChI=1S/C9H8FNO2/c10-8-3-2-7(11)5-6(8)1-4-9(12)13/h1-5H,11H2,(H,12,13). The lowest BCUT2D eigenvalue weighted by molar-refractivity contribution is -0.131. The molecule has 0 bridgehead atoms.